The van der Waals surface area contributed by atoms with Crippen LogP contribution in [0.4, 0.5) is 0 Å². The minimum atomic E-state index is -0.793. The van der Waals surface area contributed by atoms with Crippen molar-refractivity contribution in [1.82, 2.24) is 25.8 Å². The summed E-state index contributed by atoms with van der Waals surface area (Å²) in [6, 6.07) is 10.2. The fourth-order valence-electron chi connectivity index (χ4n) is 4.61. The number of benzene rings is 1. The smallest absolute Gasteiger partial charge is 0.253 e. The number of rotatable bonds is 5. The zero-order valence-corrected chi connectivity index (χ0v) is 23.4. The highest BCUT2D eigenvalue weighted by Gasteiger charge is 2.29. The van der Waals surface area contributed by atoms with E-state index in [9.17, 15) is 19.2 Å². The summed E-state index contributed by atoms with van der Waals surface area (Å²) in [5.41, 5.74) is 2.23. The van der Waals surface area contributed by atoms with Gasteiger partial charge < -0.3 is 20.9 Å². The standard InChI is InChI=1S/C30H41N5O4/c1-20(2)13-27(37)35-18-25(15-22-9-6-5-7-10-22)33-30(39)28(21(3)4)34-29(38)24-14-23(16-31-17-24)11-8-12-32-26(36)19-35/h5-7,9-10,14,16-17,20-21,25,28H,8,11-13,15,18-19H2,1-4H3,(H,32,36)(H,33,39)(H,34,38)/t25-,28-/m1/s1. The lowest BCUT2D eigenvalue weighted by atomic mass is 10.00. The Morgan fingerprint density at radius 1 is 1.05 bits per heavy atom. The van der Waals surface area contributed by atoms with E-state index in [1.807, 2.05) is 58.0 Å². The van der Waals surface area contributed by atoms with Crippen LogP contribution < -0.4 is 16.0 Å². The Labute approximate surface area is 231 Å². The maximum atomic E-state index is 13.6. The van der Waals surface area contributed by atoms with Crippen LogP contribution in [-0.2, 0) is 27.2 Å². The normalized spacial score (nSPS) is 19.7. The molecule has 0 unspecified atom stereocenters. The van der Waals surface area contributed by atoms with Gasteiger partial charge in [0.2, 0.25) is 17.7 Å². The van der Waals surface area contributed by atoms with Gasteiger partial charge in [-0.3, -0.25) is 24.2 Å². The number of aromatic nitrogens is 1. The van der Waals surface area contributed by atoms with Crippen LogP contribution >= 0.6 is 0 Å². The molecule has 9 nitrogen and oxygen atoms in total. The summed E-state index contributed by atoms with van der Waals surface area (Å²) in [5.74, 6) is -1.16. The fraction of sp³-hybridized carbons (Fsp3) is 0.500. The number of nitrogens with one attached hydrogen (secondary N) is 3. The van der Waals surface area contributed by atoms with E-state index in [-0.39, 0.29) is 48.6 Å². The second kappa shape index (κ2) is 14.4. The molecule has 0 saturated carbocycles. The summed E-state index contributed by atoms with van der Waals surface area (Å²) in [7, 11) is 0. The van der Waals surface area contributed by atoms with Gasteiger partial charge in [-0.15, -0.1) is 0 Å². The Kier molecular flexibility index (Phi) is 11.0. The molecule has 2 bridgehead atoms. The van der Waals surface area contributed by atoms with Crippen molar-refractivity contribution in [2.24, 2.45) is 11.8 Å². The first kappa shape index (κ1) is 29.8. The summed E-state index contributed by atoms with van der Waals surface area (Å²) < 4.78 is 0. The third-order valence-electron chi connectivity index (χ3n) is 6.64. The van der Waals surface area contributed by atoms with Crippen LogP contribution in [0.2, 0.25) is 0 Å². The van der Waals surface area contributed by atoms with E-state index in [1.54, 1.807) is 12.3 Å². The lowest BCUT2D eigenvalue weighted by Gasteiger charge is -2.30. The van der Waals surface area contributed by atoms with Gasteiger partial charge in [-0.05, 0) is 48.3 Å². The molecule has 0 fully saturated rings. The highest BCUT2D eigenvalue weighted by molar-refractivity contribution is 5.97. The molecule has 1 aliphatic rings. The SMILES string of the molecule is CC(C)CC(=O)N1CC(=O)NCCCc2cncc(c2)C(=O)N[C@H](C(C)C)C(=O)N[C@H](Cc2ccccc2)C1. The Balaban J connectivity index is 1.94. The van der Waals surface area contributed by atoms with Gasteiger partial charge in [0.25, 0.3) is 5.91 Å². The van der Waals surface area contributed by atoms with Crippen LogP contribution in [0.5, 0.6) is 0 Å². The van der Waals surface area contributed by atoms with Crippen molar-refractivity contribution in [3.63, 3.8) is 0 Å². The molecule has 0 spiro atoms. The van der Waals surface area contributed by atoms with E-state index in [1.165, 1.54) is 11.1 Å². The summed E-state index contributed by atoms with van der Waals surface area (Å²) in [6.07, 6.45) is 5.22. The predicted octanol–water partition coefficient (Wildman–Crippen LogP) is 2.50. The Morgan fingerprint density at radius 2 is 1.79 bits per heavy atom. The summed E-state index contributed by atoms with van der Waals surface area (Å²) >= 11 is 0. The van der Waals surface area contributed by atoms with Gasteiger partial charge in [-0.2, -0.15) is 0 Å². The predicted molar refractivity (Wildman–Crippen MR) is 150 cm³/mol. The molecule has 39 heavy (non-hydrogen) atoms. The second-order valence-electron chi connectivity index (χ2n) is 11.0. The van der Waals surface area contributed by atoms with Gasteiger partial charge in [-0.25, -0.2) is 0 Å². The van der Waals surface area contributed by atoms with Gasteiger partial charge in [-0.1, -0.05) is 58.0 Å². The van der Waals surface area contributed by atoms with Crippen LogP contribution in [0, 0.1) is 11.8 Å². The van der Waals surface area contributed by atoms with Gasteiger partial charge in [0.15, 0.2) is 0 Å². The number of hydrogen-bond acceptors (Lipinski definition) is 5. The maximum absolute atomic E-state index is 13.6. The third-order valence-corrected chi connectivity index (χ3v) is 6.64. The van der Waals surface area contributed by atoms with Crippen LogP contribution in [-0.4, -0.2) is 65.2 Å². The average Bonchev–Trinajstić information content (AvgIpc) is 2.88. The molecule has 1 aliphatic heterocycles. The lowest BCUT2D eigenvalue weighted by molar-refractivity contribution is -0.137. The first-order valence-corrected chi connectivity index (χ1v) is 13.8. The molecule has 3 N–H and O–H groups in total. The molecular formula is C30H41N5O4. The molecule has 0 aliphatic carbocycles. The number of nitrogens with zero attached hydrogens (tertiary/aromatic N) is 2. The number of fused-ring (bicyclic) bond motifs is 2. The molecule has 1 aromatic carbocycles. The minimum absolute atomic E-state index is 0.0892. The first-order valence-electron chi connectivity index (χ1n) is 13.8. The highest BCUT2D eigenvalue weighted by atomic mass is 16.2. The second-order valence-corrected chi connectivity index (χ2v) is 11.0. The minimum Gasteiger partial charge on any atom is -0.355 e. The average molecular weight is 536 g/mol. The third kappa shape index (κ3) is 9.50. The molecule has 3 rings (SSSR count). The molecule has 2 atom stereocenters. The number of amides is 4. The summed E-state index contributed by atoms with van der Waals surface area (Å²) in [6.45, 7) is 8.17. The Hall–Kier alpha value is -3.75. The van der Waals surface area contributed by atoms with E-state index in [0.717, 1.165) is 11.1 Å². The number of carbonyl (C=O) groups is 4. The molecule has 210 valence electrons. The molecule has 2 aromatic rings. The molecule has 9 heteroatoms. The van der Waals surface area contributed by atoms with Gasteiger partial charge in [0, 0.05) is 31.9 Å². The Bertz CT molecular complexity index is 1140. The van der Waals surface area contributed by atoms with E-state index >= 15 is 0 Å². The monoisotopic (exact) mass is 535 g/mol. The molecular weight excluding hydrogens is 494 g/mol. The molecule has 0 saturated heterocycles. The van der Waals surface area contributed by atoms with Crippen LogP contribution in [0.15, 0.2) is 48.8 Å². The number of aryl methyl sites for hydroxylation is 1. The van der Waals surface area contributed by atoms with Crippen molar-refractivity contribution in [3.8, 4) is 0 Å². The topological polar surface area (TPSA) is 120 Å². The van der Waals surface area contributed by atoms with Gasteiger partial charge >= 0.3 is 0 Å². The van der Waals surface area contributed by atoms with Crippen molar-refractivity contribution in [2.45, 2.75) is 65.5 Å². The molecule has 4 amide bonds. The van der Waals surface area contributed by atoms with E-state index < -0.39 is 12.1 Å². The highest BCUT2D eigenvalue weighted by Crippen LogP contribution is 2.12. The summed E-state index contributed by atoms with van der Waals surface area (Å²) in [4.78, 5) is 58.5. The number of hydrogen-bond donors (Lipinski definition) is 3. The Morgan fingerprint density at radius 3 is 2.49 bits per heavy atom. The zero-order valence-electron chi connectivity index (χ0n) is 23.4. The van der Waals surface area contributed by atoms with Gasteiger partial charge in [0.05, 0.1) is 18.2 Å². The van der Waals surface area contributed by atoms with Crippen molar-refractivity contribution in [3.05, 3.63) is 65.5 Å². The number of pyridine rings is 1. The van der Waals surface area contributed by atoms with E-state index in [2.05, 4.69) is 20.9 Å². The molecule has 2 heterocycles. The van der Waals surface area contributed by atoms with Crippen molar-refractivity contribution in [1.29, 1.82) is 0 Å². The quantitative estimate of drug-likeness (QED) is 0.543. The summed E-state index contributed by atoms with van der Waals surface area (Å²) in [5, 5.41) is 8.87. The molecule has 1 aromatic heterocycles. The maximum Gasteiger partial charge on any atom is 0.253 e. The first-order chi connectivity index (χ1) is 18.6. The van der Waals surface area contributed by atoms with Crippen molar-refractivity contribution < 1.29 is 19.2 Å². The van der Waals surface area contributed by atoms with E-state index in [4.69, 9.17) is 0 Å². The van der Waals surface area contributed by atoms with Gasteiger partial charge in [0.1, 0.15) is 6.04 Å². The lowest BCUT2D eigenvalue weighted by Crippen LogP contribution is -2.55. The molecule has 0 radical (unpaired) electrons. The zero-order chi connectivity index (χ0) is 28.4. The van der Waals surface area contributed by atoms with Crippen molar-refractivity contribution >= 4 is 23.6 Å². The van der Waals surface area contributed by atoms with E-state index in [0.29, 0.717) is 37.8 Å². The van der Waals surface area contributed by atoms with Crippen molar-refractivity contribution in [2.75, 3.05) is 19.6 Å². The van der Waals surface area contributed by atoms with Crippen LogP contribution in [0.1, 0.15) is 62.0 Å². The van der Waals surface area contributed by atoms with Crippen LogP contribution in [0.25, 0.3) is 0 Å². The number of carbonyl (C=O) groups excluding carboxylic acids is 4. The largest absolute Gasteiger partial charge is 0.355 e. The fourth-order valence-corrected chi connectivity index (χ4v) is 4.61. The van der Waals surface area contributed by atoms with Crippen LogP contribution in [0.3, 0.4) is 0 Å².